The molecule has 0 radical (unpaired) electrons. The SMILES string of the molecule is CCNC(CC(C)C)c1ccc(F)c(OC)c1. The summed E-state index contributed by atoms with van der Waals surface area (Å²) in [6, 6.07) is 5.34. The summed E-state index contributed by atoms with van der Waals surface area (Å²) in [5, 5.41) is 3.42. The Bertz CT molecular complexity index is 352. The van der Waals surface area contributed by atoms with Gasteiger partial charge in [-0.25, -0.2) is 4.39 Å². The van der Waals surface area contributed by atoms with E-state index in [2.05, 4.69) is 26.1 Å². The minimum absolute atomic E-state index is 0.259. The Hall–Kier alpha value is -1.09. The van der Waals surface area contributed by atoms with Gasteiger partial charge < -0.3 is 10.1 Å². The van der Waals surface area contributed by atoms with Crippen LogP contribution in [-0.4, -0.2) is 13.7 Å². The van der Waals surface area contributed by atoms with Crippen molar-refractivity contribution in [1.29, 1.82) is 0 Å². The molecule has 1 aromatic carbocycles. The van der Waals surface area contributed by atoms with Gasteiger partial charge in [-0.1, -0.05) is 26.8 Å². The van der Waals surface area contributed by atoms with Gasteiger partial charge in [-0.05, 0) is 36.6 Å². The quantitative estimate of drug-likeness (QED) is 0.820. The van der Waals surface area contributed by atoms with E-state index in [1.165, 1.54) is 13.2 Å². The van der Waals surface area contributed by atoms with E-state index in [-0.39, 0.29) is 11.9 Å². The highest BCUT2D eigenvalue weighted by atomic mass is 19.1. The fourth-order valence-electron chi connectivity index (χ4n) is 1.95. The Morgan fingerprint density at radius 1 is 1.35 bits per heavy atom. The lowest BCUT2D eigenvalue weighted by molar-refractivity contribution is 0.382. The highest BCUT2D eigenvalue weighted by molar-refractivity contribution is 5.32. The Labute approximate surface area is 103 Å². The number of methoxy groups -OCH3 is 1. The van der Waals surface area contributed by atoms with Crippen LogP contribution in [0.15, 0.2) is 18.2 Å². The molecule has 0 amide bonds. The third kappa shape index (κ3) is 4.00. The molecule has 0 aromatic heterocycles. The van der Waals surface area contributed by atoms with E-state index in [9.17, 15) is 4.39 Å². The Balaban J connectivity index is 2.92. The highest BCUT2D eigenvalue weighted by Crippen LogP contribution is 2.26. The molecule has 1 atom stereocenters. The molecule has 0 saturated carbocycles. The molecular formula is C14H22FNO. The van der Waals surface area contributed by atoms with Crippen LogP contribution < -0.4 is 10.1 Å². The number of rotatable bonds is 6. The predicted molar refractivity (Wildman–Crippen MR) is 68.8 cm³/mol. The maximum atomic E-state index is 13.3. The van der Waals surface area contributed by atoms with Crippen LogP contribution in [0.4, 0.5) is 4.39 Å². The topological polar surface area (TPSA) is 21.3 Å². The average Bonchev–Trinajstić information content (AvgIpc) is 2.28. The molecule has 96 valence electrons. The molecular weight excluding hydrogens is 217 g/mol. The number of hydrogen-bond acceptors (Lipinski definition) is 2. The standard InChI is InChI=1S/C14H22FNO/c1-5-16-13(8-10(2)3)11-6-7-12(15)14(9-11)17-4/h6-7,9-10,13,16H,5,8H2,1-4H3. The fourth-order valence-corrected chi connectivity index (χ4v) is 1.95. The van der Waals surface area contributed by atoms with E-state index in [0.29, 0.717) is 11.7 Å². The van der Waals surface area contributed by atoms with Gasteiger partial charge >= 0.3 is 0 Å². The fraction of sp³-hybridized carbons (Fsp3) is 0.571. The Morgan fingerprint density at radius 2 is 2.06 bits per heavy atom. The van der Waals surface area contributed by atoms with Gasteiger partial charge in [0.05, 0.1) is 7.11 Å². The van der Waals surface area contributed by atoms with Crippen molar-refractivity contribution >= 4 is 0 Å². The maximum Gasteiger partial charge on any atom is 0.165 e. The largest absolute Gasteiger partial charge is 0.494 e. The molecule has 3 heteroatoms. The smallest absolute Gasteiger partial charge is 0.165 e. The van der Waals surface area contributed by atoms with Crippen LogP contribution in [-0.2, 0) is 0 Å². The van der Waals surface area contributed by atoms with Crippen molar-refractivity contribution in [3.63, 3.8) is 0 Å². The summed E-state index contributed by atoms with van der Waals surface area (Å²) >= 11 is 0. The molecule has 0 aliphatic rings. The van der Waals surface area contributed by atoms with Gasteiger partial charge in [-0.3, -0.25) is 0 Å². The lowest BCUT2D eigenvalue weighted by atomic mass is 9.96. The van der Waals surface area contributed by atoms with Crippen LogP contribution in [0.25, 0.3) is 0 Å². The average molecular weight is 239 g/mol. The third-order valence-corrected chi connectivity index (χ3v) is 2.74. The molecule has 2 nitrogen and oxygen atoms in total. The van der Waals surface area contributed by atoms with Crippen LogP contribution in [0.5, 0.6) is 5.75 Å². The van der Waals surface area contributed by atoms with E-state index in [1.54, 1.807) is 6.07 Å². The van der Waals surface area contributed by atoms with Gasteiger partial charge in [-0.15, -0.1) is 0 Å². The van der Waals surface area contributed by atoms with Gasteiger partial charge in [0.25, 0.3) is 0 Å². The summed E-state index contributed by atoms with van der Waals surface area (Å²) in [4.78, 5) is 0. The first-order valence-electron chi connectivity index (χ1n) is 6.15. The summed E-state index contributed by atoms with van der Waals surface area (Å²) in [7, 11) is 1.49. The van der Waals surface area contributed by atoms with Crippen molar-refractivity contribution in [2.24, 2.45) is 5.92 Å². The molecule has 0 bridgehead atoms. The van der Waals surface area contributed by atoms with Crippen molar-refractivity contribution in [3.05, 3.63) is 29.6 Å². The van der Waals surface area contributed by atoms with Gasteiger partial charge in [0.15, 0.2) is 11.6 Å². The third-order valence-electron chi connectivity index (χ3n) is 2.74. The minimum Gasteiger partial charge on any atom is -0.494 e. The second kappa shape index (κ2) is 6.60. The number of halogens is 1. The molecule has 0 spiro atoms. The first-order chi connectivity index (χ1) is 8.08. The van der Waals surface area contributed by atoms with Crippen molar-refractivity contribution < 1.29 is 9.13 Å². The van der Waals surface area contributed by atoms with Crippen LogP contribution in [0.3, 0.4) is 0 Å². The molecule has 0 aliphatic heterocycles. The highest BCUT2D eigenvalue weighted by Gasteiger charge is 2.14. The predicted octanol–water partition coefficient (Wildman–Crippen LogP) is 3.53. The Morgan fingerprint density at radius 3 is 2.59 bits per heavy atom. The Kier molecular flexibility index (Phi) is 5.42. The number of hydrogen-bond donors (Lipinski definition) is 1. The summed E-state index contributed by atoms with van der Waals surface area (Å²) < 4.78 is 18.4. The van der Waals surface area contributed by atoms with Crippen molar-refractivity contribution in [2.45, 2.75) is 33.2 Å². The number of benzene rings is 1. The van der Waals surface area contributed by atoms with E-state index in [1.807, 2.05) is 6.07 Å². The van der Waals surface area contributed by atoms with Gasteiger partial charge in [0, 0.05) is 6.04 Å². The minimum atomic E-state index is -0.309. The molecule has 1 N–H and O–H groups in total. The summed E-state index contributed by atoms with van der Waals surface area (Å²) in [5.74, 6) is 0.598. The van der Waals surface area contributed by atoms with Crippen LogP contribution in [0.2, 0.25) is 0 Å². The van der Waals surface area contributed by atoms with Crippen LogP contribution in [0, 0.1) is 11.7 Å². The molecule has 17 heavy (non-hydrogen) atoms. The molecule has 0 aliphatic carbocycles. The zero-order valence-electron chi connectivity index (χ0n) is 11.1. The monoisotopic (exact) mass is 239 g/mol. The van der Waals surface area contributed by atoms with E-state index in [4.69, 9.17) is 4.74 Å². The van der Waals surface area contributed by atoms with Crippen molar-refractivity contribution in [3.8, 4) is 5.75 Å². The first kappa shape index (κ1) is 14.0. The molecule has 0 heterocycles. The summed E-state index contributed by atoms with van der Waals surface area (Å²) in [5.41, 5.74) is 1.08. The van der Waals surface area contributed by atoms with Gasteiger partial charge in [0.1, 0.15) is 0 Å². The summed E-state index contributed by atoms with van der Waals surface area (Å²) in [6.07, 6.45) is 1.03. The van der Waals surface area contributed by atoms with Crippen LogP contribution in [0.1, 0.15) is 38.8 Å². The van der Waals surface area contributed by atoms with E-state index >= 15 is 0 Å². The zero-order valence-corrected chi connectivity index (χ0v) is 11.1. The second-order valence-electron chi connectivity index (χ2n) is 4.63. The number of ether oxygens (including phenoxy) is 1. The molecule has 0 saturated heterocycles. The second-order valence-corrected chi connectivity index (χ2v) is 4.63. The van der Waals surface area contributed by atoms with Crippen molar-refractivity contribution in [1.82, 2.24) is 5.32 Å². The zero-order chi connectivity index (χ0) is 12.8. The molecule has 1 aromatic rings. The molecule has 1 rings (SSSR count). The molecule has 0 fully saturated rings. The molecule has 1 unspecified atom stereocenters. The van der Waals surface area contributed by atoms with Gasteiger partial charge in [0.2, 0.25) is 0 Å². The lowest BCUT2D eigenvalue weighted by Gasteiger charge is -2.21. The van der Waals surface area contributed by atoms with E-state index in [0.717, 1.165) is 18.5 Å². The maximum absolute atomic E-state index is 13.3. The van der Waals surface area contributed by atoms with Crippen molar-refractivity contribution in [2.75, 3.05) is 13.7 Å². The van der Waals surface area contributed by atoms with Crippen LogP contribution >= 0.6 is 0 Å². The number of nitrogens with one attached hydrogen (secondary N) is 1. The normalized spacial score (nSPS) is 12.8. The lowest BCUT2D eigenvalue weighted by Crippen LogP contribution is -2.22. The van der Waals surface area contributed by atoms with Gasteiger partial charge in [-0.2, -0.15) is 0 Å². The van der Waals surface area contributed by atoms with E-state index < -0.39 is 0 Å². The summed E-state index contributed by atoms with van der Waals surface area (Å²) in [6.45, 7) is 7.35. The first-order valence-corrected chi connectivity index (χ1v) is 6.15.